The summed E-state index contributed by atoms with van der Waals surface area (Å²) < 4.78 is 0. The van der Waals surface area contributed by atoms with Crippen LogP contribution in [-0.4, -0.2) is 17.9 Å². The van der Waals surface area contributed by atoms with Gasteiger partial charge in [0, 0.05) is 5.02 Å². The molecule has 0 N–H and O–H groups in total. The number of fused-ring (bicyclic) bond motifs is 1. The molecular formula is C25H21ClN2O3. The molecule has 2 heterocycles. The monoisotopic (exact) mass is 432 g/mol. The Kier molecular flexibility index (Phi) is 5.00. The minimum absolute atomic E-state index is 0.264. The lowest BCUT2D eigenvalue weighted by atomic mass is 9.90. The molecule has 31 heavy (non-hydrogen) atoms. The van der Waals surface area contributed by atoms with E-state index in [9.17, 15) is 9.59 Å². The van der Waals surface area contributed by atoms with Crippen molar-refractivity contribution in [1.29, 1.82) is 0 Å². The number of nitrogens with zero attached hydrogens (tertiary/aromatic N) is 2. The van der Waals surface area contributed by atoms with E-state index >= 15 is 0 Å². The largest absolute Gasteiger partial charge is 0.273 e. The van der Waals surface area contributed by atoms with Crippen molar-refractivity contribution in [2.45, 2.75) is 25.5 Å². The van der Waals surface area contributed by atoms with E-state index in [2.05, 4.69) is 19.1 Å². The molecule has 0 spiro atoms. The van der Waals surface area contributed by atoms with E-state index in [-0.39, 0.29) is 11.8 Å². The molecule has 2 amide bonds. The van der Waals surface area contributed by atoms with Gasteiger partial charge in [0.1, 0.15) is 5.92 Å². The quantitative estimate of drug-likeness (QED) is 0.547. The van der Waals surface area contributed by atoms with Crippen LogP contribution in [0.4, 0.5) is 11.4 Å². The highest BCUT2D eigenvalue weighted by atomic mass is 35.5. The van der Waals surface area contributed by atoms with E-state index in [1.54, 1.807) is 29.3 Å². The summed E-state index contributed by atoms with van der Waals surface area (Å²) in [6, 6.07) is 24.0. The molecule has 0 aromatic heterocycles. The maximum atomic E-state index is 13.5. The summed E-state index contributed by atoms with van der Waals surface area (Å²) in [7, 11) is 0. The number of carbonyl (C=O) groups is 2. The fourth-order valence-electron chi connectivity index (χ4n) is 4.35. The fraction of sp³-hybridized carbons (Fsp3) is 0.200. The zero-order valence-corrected chi connectivity index (χ0v) is 17.7. The lowest BCUT2D eigenvalue weighted by Crippen LogP contribution is -2.37. The maximum absolute atomic E-state index is 13.5. The average Bonchev–Trinajstić information content (AvgIpc) is 3.31. The summed E-state index contributed by atoms with van der Waals surface area (Å²) in [6.45, 7) is 2.10. The first-order chi connectivity index (χ1) is 15.1. The molecule has 0 bridgehead atoms. The van der Waals surface area contributed by atoms with Crippen molar-refractivity contribution < 1.29 is 14.4 Å². The van der Waals surface area contributed by atoms with E-state index in [0.717, 1.165) is 17.7 Å². The van der Waals surface area contributed by atoms with Crippen molar-refractivity contribution in [3.63, 3.8) is 0 Å². The van der Waals surface area contributed by atoms with Crippen molar-refractivity contribution in [3.05, 3.63) is 95.0 Å². The zero-order chi connectivity index (χ0) is 21.5. The zero-order valence-electron chi connectivity index (χ0n) is 16.9. The minimum Gasteiger partial charge on any atom is -0.273 e. The van der Waals surface area contributed by atoms with Crippen molar-refractivity contribution in [1.82, 2.24) is 0 Å². The van der Waals surface area contributed by atoms with Gasteiger partial charge < -0.3 is 0 Å². The minimum atomic E-state index is -0.876. The molecule has 3 atom stereocenters. The summed E-state index contributed by atoms with van der Waals surface area (Å²) in [5.41, 5.74) is 3.46. The molecule has 0 aliphatic carbocycles. The second-order valence-corrected chi connectivity index (χ2v) is 8.18. The summed E-state index contributed by atoms with van der Waals surface area (Å²) in [5.74, 6) is -1.26. The Morgan fingerprint density at radius 2 is 1.52 bits per heavy atom. The third-order valence-electron chi connectivity index (χ3n) is 5.94. The number of rotatable bonds is 4. The Bertz CT molecular complexity index is 1120. The molecule has 2 aliphatic heterocycles. The number of imide groups is 1. The van der Waals surface area contributed by atoms with Crippen LogP contribution in [0.15, 0.2) is 78.9 Å². The third-order valence-corrected chi connectivity index (χ3v) is 6.19. The van der Waals surface area contributed by atoms with Crippen LogP contribution in [0, 0.1) is 5.92 Å². The predicted octanol–water partition coefficient (Wildman–Crippen LogP) is 4.95. The molecule has 3 aromatic carbocycles. The van der Waals surface area contributed by atoms with Gasteiger partial charge in [0.2, 0.25) is 5.91 Å². The smallest absolute Gasteiger partial charge is 0.266 e. The Balaban J connectivity index is 1.57. The van der Waals surface area contributed by atoms with Gasteiger partial charge in [-0.2, -0.15) is 0 Å². The Morgan fingerprint density at radius 1 is 0.839 bits per heavy atom. The molecule has 5 rings (SSSR count). The summed E-state index contributed by atoms with van der Waals surface area (Å²) in [4.78, 5) is 34.2. The van der Waals surface area contributed by atoms with E-state index in [1.807, 2.05) is 42.5 Å². The summed E-state index contributed by atoms with van der Waals surface area (Å²) >= 11 is 5.98. The second kappa shape index (κ2) is 7.84. The SMILES string of the molecule is CCc1ccc([C@@H]2[C@H]3C(=O)N(c4ccc(Cl)cc4)C(=O)[C@H]3ON2c2ccccc2)cc1. The van der Waals surface area contributed by atoms with Crippen LogP contribution in [0.3, 0.4) is 0 Å². The van der Waals surface area contributed by atoms with Crippen molar-refractivity contribution in [2.24, 2.45) is 5.92 Å². The number of hydrogen-bond acceptors (Lipinski definition) is 4. The van der Waals surface area contributed by atoms with Gasteiger partial charge >= 0.3 is 0 Å². The van der Waals surface area contributed by atoms with Gasteiger partial charge in [0.25, 0.3) is 5.91 Å². The molecule has 0 unspecified atom stereocenters. The van der Waals surface area contributed by atoms with Gasteiger partial charge in [-0.15, -0.1) is 0 Å². The Hall–Kier alpha value is -3.15. The molecule has 2 aliphatic rings. The Morgan fingerprint density at radius 3 is 2.16 bits per heavy atom. The number of aryl methyl sites for hydroxylation is 1. The van der Waals surface area contributed by atoms with Crippen LogP contribution >= 0.6 is 11.6 Å². The number of amides is 2. The van der Waals surface area contributed by atoms with Crippen LogP contribution in [0.1, 0.15) is 24.1 Å². The number of hydroxylamine groups is 1. The second-order valence-electron chi connectivity index (χ2n) is 7.74. The molecule has 3 aromatic rings. The first kappa shape index (κ1) is 19.8. The molecule has 156 valence electrons. The lowest BCUT2D eigenvalue weighted by molar-refractivity contribution is -0.126. The molecule has 2 saturated heterocycles. The van der Waals surface area contributed by atoms with Gasteiger partial charge in [0.05, 0.1) is 17.4 Å². The van der Waals surface area contributed by atoms with E-state index in [1.165, 1.54) is 10.5 Å². The normalized spacial score (nSPS) is 22.8. The Labute approximate surface area is 185 Å². The molecular weight excluding hydrogens is 412 g/mol. The van der Waals surface area contributed by atoms with E-state index in [4.69, 9.17) is 16.4 Å². The van der Waals surface area contributed by atoms with E-state index in [0.29, 0.717) is 10.7 Å². The molecule has 5 nitrogen and oxygen atoms in total. The van der Waals surface area contributed by atoms with Crippen LogP contribution in [-0.2, 0) is 20.8 Å². The number of halogens is 1. The van der Waals surface area contributed by atoms with Gasteiger partial charge in [-0.25, -0.2) is 9.96 Å². The highest BCUT2D eigenvalue weighted by Gasteiger charge is 2.60. The topological polar surface area (TPSA) is 49.9 Å². The first-order valence-electron chi connectivity index (χ1n) is 10.3. The number of para-hydroxylation sites is 1. The van der Waals surface area contributed by atoms with Gasteiger partial charge in [0.15, 0.2) is 6.10 Å². The summed E-state index contributed by atoms with van der Waals surface area (Å²) in [6.07, 6.45) is 0.0525. The number of carbonyl (C=O) groups excluding carboxylic acids is 2. The van der Waals surface area contributed by atoms with E-state index < -0.39 is 18.1 Å². The molecule has 0 saturated carbocycles. The molecule has 0 radical (unpaired) electrons. The van der Waals surface area contributed by atoms with Crippen molar-refractivity contribution in [3.8, 4) is 0 Å². The standard InChI is InChI=1S/C25H21ClN2O3/c1-2-16-8-10-17(11-9-16)22-21-23(31-28(22)20-6-4-3-5-7-20)25(30)27(24(21)29)19-14-12-18(26)13-15-19/h3-15,21-23H,2H2,1H3/t21-,22-,23+/m1/s1. The maximum Gasteiger partial charge on any atom is 0.266 e. The lowest BCUT2D eigenvalue weighted by Gasteiger charge is -2.28. The molecule has 2 fully saturated rings. The van der Waals surface area contributed by atoms with Gasteiger partial charge in [-0.3, -0.25) is 14.4 Å². The van der Waals surface area contributed by atoms with Crippen molar-refractivity contribution in [2.75, 3.05) is 9.96 Å². The van der Waals surface area contributed by atoms with Gasteiger partial charge in [-0.05, 0) is 53.9 Å². The fourth-order valence-corrected chi connectivity index (χ4v) is 4.47. The van der Waals surface area contributed by atoms with Crippen LogP contribution in [0.25, 0.3) is 0 Å². The van der Waals surface area contributed by atoms with Crippen LogP contribution in [0.2, 0.25) is 5.02 Å². The van der Waals surface area contributed by atoms with Crippen LogP contribution < -0.4 is 9.96 Å². The predicted molar refractivity (Wildman–Crippen MR) is 120 cm³/mol. The summed E-state index contributed by atoms with van der Waals surface area (Å²) in [5, 5.41) is 2.26. The molecule has 6 heteroatoms. The highest BCUT2D eigenvalue weighted by molar-refractivity contribution is 6.31. The van der Waals surface area contributed by atoms with Gasteiger partial charge in [-0.1, -0.05) is 61.0 Å². The van der Waals surface area contributed by atoms with Crippen molar-refractivity contribution >= 4 is 34.8 Å². The number of hydrogen-bond donors (Lipinski definition) is 0. The number of benzene rings is 3. The number of anilines is 2. The third kappa shape index (κ3) is 3.30. The average molecular weight is 433 g/mol. The first-order valence-corrected chi connectivity index (χ1v) is 10.7. The van der Waals surface area contributed by atoms with Crippen LogP contribution in [0.5, 0.6) is 0 Å². The highest BCUT2D eigenvalue weighted by Crippen LogP contribution is 2.47.